The van der Waals surface area contributed by atoms with Crippen LogP contribution < -0.4 is 11.1 Å². The van der Waals surface area contributed by atoms with Crippen LogP contribution in [0.5, 0.6) is 0 Å². The molecule has 0 fully saturated rings. The molecular formula is C14H26N4O. The van der Waals surface area contributed by atoms with Gasteiger partial charge in [-0.15, -0.1) is 0 Å². The first-order chi connectivity index (χ1) is 8.92. The number of carbonyl (C=O) groups excluding carboxylic acids is 1. The van der Waals surface area contributed by atoms with Crippen molar-refractivity contribution in [3.8, 4) is 0 Å². The third kappa shape index (κ3) is 3.49. The Hall–Kier alpha value is -1.52. The molecule has 0 bridgehead atoms. The lowest BCUT2D eigenvalue weighted by atomic mass is 10.2. The van der Waals surface area contributed by atoms with Gasteiger partial charge in [-0.1, -0.05) is 27.7 Å². The number of hydrogen-bond donors (Lipinski definition) is 2. The number of hydrogen-bond acceptors (Lipinski definition) is 3. The van der Waals surface area contributed by atoms with E-state index in [0.29, 0.717) is 12.5 Å². The molecule has 1 unspecified atom stereocenters. The van der Waals surface area contributed by atoms with Gasteiger partial charge in [0.2, 0.25) is 5.91 Å². The molecule has 0 aliphatic rings. The van der Waals surface area contributed by atoms with Crippen LogP contribution in [0.25, 0.3) is 0 Å². The van der Waals surface area contributed by atoms with Crippen LogP contribution in [0.1, 0.15) is 52.0 Å². The molecule has 3 N–H and O–H groups in total. The second kappa shape index (κ2) is 6.59. The number of rotatable bonds is 6. The van der Waals surface area contributed by atoms with Gasteiger partial charge in [-0.3, -0.25) is 9.48 Å². The number of carbonyl (C=O) groups is 1. The largest absolute Gasteiger partial charge is 0.396 e. The lowest BCUT2D eigenvalue weighted by Gasteiger charge is -2.16. The highest BCUT2D eigenvalue weighted by Crippen LogP contribution is 2.22. The summed E-state index contributed by atoms with van der Waals surface area (Å²) in [6.07, 6.45) is 1.56. The van der Waals surface area contributed by atoms with E-state index in [2.05, 4.69) is 24.3 Å². The zero-order valence-electron chi connectivity index (χ0n) is 12.7. The van der Waals surface area contributed by atoms with Gasteiger partial charge in [0, 0.05) is 6.54 Å². The minimum absolute atomic E-state index is 0.00597. The van der Waals surface area contributed by atoms with E-state index >= 15 is 0 Å². The topological polar surface area (TPSA) is 72.9 Å². The minimum Gasteiger partial charge on any atom is -0.396 e. The molecule has 1 aromatic heterocycles. The molecule has 0 aliphatic heterocycles. The van der Waals surface area contributed by atoms with E-state index in [9.17, 15) is 4.79 Å². The standard InChI is InChI=1S/C14H26N4O/c1-6-11-13(15)12(7-2)18(17-11)10(5)14(19)16-8-9(3)4/h9-10H,6-8,15H2,1-5H3,(H,16,19). The number of aryl methyl sites for hydroxylation is 1. The van der Waals surface area contributed by atoms with Crippen molar-refractivity contribution in [2.75, 3.05) is 12.3 Å². The van der Waals surface area contributed by atoms with Crippen molar-refractivity contribution >= 4 is 11.6 Å². The summed E-state index contributed by atoms with van der Waals surface area (Å²) in [7, 11) is 0. The Kier molecular flexibility index (Phi) is 5.39. The fourth-order valence-electron chi connectivity index (χ4n) is 2.03. The van der Waals surface area contributed by atoms with Gasteiger partial charge in [-0.05, 0) is 25.7 Å². The summed E-state index contributed by atoms with van der Waals surface area (Å²) in [6.45, 7) is 10.7. The average Bonchev–Trinajstić information content (AvgIpc) is 2.71. The number of aromatic nitrogens is 2. The average molecular weight is 266 g/mol. The molecule has 1 aromatic rings. The van der Waals surface area contributed by atoms with Crippen LogP contribution in [0.2, 0.25) is 0 Å². The second-order valence-electron chi connectivity index (χ2n) is 5.27. The van der Waals surface area contributed by atoms with Gasteiger partial charge in [-0.2, -0.15) is 5.10 Å². The van der Waals surface area contributed by atoms with Gasteiger partial charge in [0.05, 0.1) is 17.1 Å². The minimum atomic E-state index is -0.323. The highest BCUT2D eigenvalue weighted by atomic mass is 16.2. The summed E-state index contributed by atoms with van der Waals surface area (Å²) in [4.78, 5) is 12.1. The molecule has 108 valence electrons. The maximum Gasteiger partial charge on any atom is 0.244 e. The quantitative estimate of drug-likeness (QED) is 0.826. The highest BCUT2D eigenvalue weighted by molar-refractivity contribution is 5.80. The van der Waals surface area contributed by atoms with E-state index in [1.54, 1.807) is 4.68 Å². The molecule has 1 amide bonds. The number of nitrogens with one attached hydrogen (secondary N) is 1. The van der Waals surface area contributed by atoms with Crippen molar-refractivity contribution < 1.29 is 4.79 Å². The lowest BCUT2D eigenvalue weighted by Crippen LogP contribution is -2.34. The predicted molar refractivity (Wildman–Crippen MR) is 78.0 cm³/mol. The van der Waals surface area contributed by atoms with Crippen LogP contribution in [0.3, 0.4) is 0 Å². The Morgan fingerprint density at radius 2 is 1.95 bits per heavy atom. The van der Waals surface area contributed by atoms with E-state index in [1.165, 1.54) is 0 Å². The molecule has 0 saturated heterocycles. The van der Waals surface area contributed by atoms with E-state index in [-0.39, 0.29) is 11.9 Å². The van der Waals surface area contributed by atoms with Crippen molar-refractivity contribution in [1.82, 2.24) is 15.1 Å². The summed E-state index contributed by atoms with van der Waals surface area (Å²) in [5.41, 5.74) is 8.62. The maximum absolute atomic E-state index is 12.1. The predicted octanol–water partition coefficient (Wildman–Crippen LogP) is 1.92. The van der Waals surface area contributed by atoms with Gasteiger partial charge in [0.15, 0.2) is 0 Å². The summed E-state index contributed by atoms with van der Waals surface area (Å²) in [5.74, 6) is 0.434. The van der Waals surface area contributed by atoms with Crippen molar-refractivity contribution in [2.24, 2.45) is 5.92 Å². The van der Waals surface area contributed by atoms with Gasteiger partial charge in [0.25, 0.3) is 0 Å². The first-order valence-electron chi connectivity index (χ1n) is 7.05. The number of amides is 1. The monoisotopic (exact) mass is 266 g/mol. The molecule has 19 heavy (non-hydrogen) atoms. The Balaban J connectivity index is 2.92. The molecule has 0 aliphatic carbocycles. The molecule has 5 heteroatoms. The highest BCUT2D eigenvalue weighted by Gasteiger charge is 2.21. The smallest absolute Gasteiger partial charge is 0.244 e. The third-order valence-electron chi connectivity index (χ3n) is 3.23. The van der Waals surface area contributed by atoms with Crippen LogP contribution >= 0.6 is 0 Å². The molecule has 0 radical (unpaired) electrons. The second-order valence-corrected chi connectivity index (χ2v) is 5.27. The van der Waals surface area contributed by atoms with E-state index in [4.69, 9.17) is 5.73 Å². The van der Waals surface area contributed by atoms with Gasteiger partial charge < -0.3 is 11.1 Å². The third-order valence-corrected chi connectivity index (χ3v) is 3.23. The maximum atomic E-state index is 12.1. The molecule has 1 rings (SSSR count). The Labute approximate surface area is 115 Å². The first kappa shape index (κ1) is 15.5. The molecule has 5 nitrogen and oxygen atoms in total. The number of nitrogens with zero attached hydrogens (tertiary/aromatic N) is 2. The van der Waals surface area contributed by atoms with Gasteiger partial charge in [-0.25, -0.2) is 0 Å². The fraction of sp³-hybridized carbons (Fsp3) is 0.714. The number of nitrogens with two attached hydrogens (primary N) is 1. The van der Waals surface area contributed by atoms with Crippen LogP contribution in [0.15, 0.2) is 0 Å². The number of nitrogen functional groups attached to an aromatic ring is 1. The molecule has 1 atom stereocenters. The van der Waals surface area contributed by atoms with Crippen molar-refractivity contribution in [2.45, 2.75) is 53.5 Å². The van der Waals surface area contributed by atoms with Crippen LogP contribution in [-0.4, -0.2) is 22.2 Å². The fourth-order valence-corrected chi connectivity index (χ4v) is 2.03. The summed E-state index contributed by atoms with van der Waals surface area (Å²) in [6, 6.07) is -0.323. The molecule has 1 heterocycles. The molecule has 0 spiro atoms. The molecular weight excluding hydrogens is 240 g/mol. The first-order valence-corrected chi connectivity index (χ1v) is 7.05. The summed E-state index contributed by atoms with van der Waals surface area (Å²) < 4.78 is 1.77. The zero-order valence-corrected chi connectivity index (χ0v) is 12.7. The Morgan fingerprint density at radius 3 is 2.42 bits per heavy atom. The van der Waals surface area contributed by atoms with Crippen molar-refractivity contribution in [3.63, 3.8) is 0 Å². The van der Waals surface area contributed by atoms with Crippen molar-refractivity contribution in [3.05, 3.63) is 11.4 Å². The van der Waals surface area contributed by atoms with Gasteiger partial charge >= 0.3 is 0 Å². The normalized spacial score (nSPS) is 12.7. The van der Waals surface area contributed by atoms with Crippen molar-refractivity contribution in [1.29, 1.82) is 0 Å². The van der Waals surface area contributed by atoms with E-state index in [1.807, 2.05) is 20.8 Å². The number of anilines is 1. The van der Waals surface area contributed by atoms with Crippen LogP contribution in [-0.2, 0) is 17.6 Å². The zero-order chi connectivity index (χ0) is 14.6. The van der Waals surface area contributed by atoms with Crippen LogP contribution in [0.4, 0.5) is 5.69 Å². The van der Waals surface area contributed by atoms with E-state index < -0.39 is 0 Å². The lowest BCUT2D eigenvalue weighted by molar-refractivity contribution is -0.124. The SMILES string of the molecule is CCc1nn(C(C)C(=O)NCC(C)C)c(CC)c1N. The molecule has 0 aromatic carbocycles. The van der Waals surface area contributed by atoms with Gasteiger partial charge in [0.1, 0.15) is 6.04 Å². The van der Waals surface area contributed by atoms with E-state index in [0.717, 1.165) is 29.9 Å². The molecule has 0 saturated carbocycles. The Morgan fingerprint density at radius 1 is 1.32 bits per heavy atom. The summed E-state index contributed by atoms with van der Waals surface area (Å²) in [5, 5.41) is 7.42. The summed E-state index contributed by atoms with van der Waals surface area (Å²) >= 11 is 0. The Bertz CT molecular complexity index is 437. The van der Waals surface area contributed by atoms with Crippen LogP contribution in [0, 0.1) is 5.92 Å².